The molecule has 0 spiro atoms. The summed E-state index contributed by atoms with van der Waals surface area (Å²) in [5, 5.41) is 1.17. The average molecular weight is 330 g/mol. The van der Waals surface area contributed by atoms with E-state index in [2.05, 4.69) is 57.3 Å². The number of halogens is 1. The van der Waals surface area contributed by atoms with Gasteiger partial charge in [-0.25, -0.2) is 0 Å². The molecule has 0 atom stereocenters. The Morgan fingerprint density at radius 2 is 1.79 bits per heavy atom. The normalized spacial score (nSPS) is 10.8. The van der Waals surface area contributed by atoms with Gasteiger partial charge in [-0.05, 0) is 40.8 Å². The monoisotopic (exact) mass is 329 g/mol. The minimum Gasteiger partial charge on any atom is -0.346 e. The maximum absolute atomic E-state index is 5.44. The van der Waals surface area contributed by atoms with E-state index in [1.54, 1.807) is 0 Å². The molecule has 2 aromatic carbocycles. The summed E-state index contributed by atoms with van der Waals surface area (Å²) in [6.45, 7) is 0. The van der Waals surface area contributed by atoms with Crippen molar-refractivity contribution in [2.75, 3.05) is 0 Å². The first-order chi connectivity index (χ1) is 9.22. The lowest BCUT2D eigenvalue weighted by Gasteiger charge is -2.06. The molecule has 1 N–H and O–H groups in total. The molecule has 1 heterocycles. The van der Waals surface area contributed by atoms with Crippen LogP contribution in [0.5, 0.6) is 0 Å². The molecule has 0 aliphatic carbocycles. The fourth-order valence-corrected chi connectivity index (χ4v) is 2.79. The molecule has 0 aliphatic rings. The molecule has 0 radical (unpaired) electrons. The van der Waals surface area contributed by atoms with E-state index in [1.807, 2.05) is 18.2 Å². The highest BCUT2D eigenvalue weighted by atomic mass is 79.9. The molecule has 0 amide bonds. The number of hydrogen-bond donors (Lipinski definition) is 1. The Morgan fingerprint density at radius 1 is 1.00 bits per heavy atom. The van der Waals surface area contributed by atoms with Crippen molar-refractivity contribution < 1.29 is 0 Å². The molecular formula is C16H12BrNS. The predicted molar refractivity (Wildman–Crippen MR) is 86.1 cm³/mol. The summed E-state index contributed by atoms with van der Waals surface area (Å²) in [5.41, 5.74) is 3.51. The Balaban J connectivity index is 2.08. The van der Waals surface area contributed by atoms with Gasteiger partial charge in [0.1, 0.15) is 4.64 Å². The Labute approximate surface area is 125 Å². The van der Waals surface area contributed by atoms with Crippen molar-refractivity contribution >= 4 is 39.1 Å². The van der Waals surface area contributed by atoms with Gasteiger partial charge in [-0.2, -0.15) is 0 Å². The fourth-order valence-electron chi connectivity index (χ4n) is 2.17. The van der Waals surface area contributed by atoms with E-state index in [1.165, 1.54) is 10.9 Å². The summed E-state index contributed by atoms with van der Waals surface area (Å²) in [5.74, 6) is 0. The van der Waals surface area contributed by atoms with Crippen LogP contribution in [0.2, 0.25) is 0 Å². The molecule has 3 heteroatoms. The minimum absolute atomic E-state index is 0.818. The van der Waals surface area contributed by atoms with E-state index in [-0.39, 0.29) is 0 Å². The quantitative estimate of drug-likeness (QED) is 0.635. The molecule has 19 heavy (non-hydrogen) atoms. The van der Waals surface area contributed by atoms with Gasteiger partial charge in [0.2, 0.25) is 0 Å². The second-order valence-electron chi connectivity index (χ2n) is 4.52. The molecular weight excluding hydrogens is 318 g/mol. The molecule has 0 bridgehead atoms. The SMILES string of the molecule is S=c1[nH]c2ccc(Br)cc2cc1Cc1ccccc1. The highest BCUT2D eigenvalue weighted by molar-refractivity contribution is 9.10. The van der Waals surface area contributed by atoms with E-state index < -0.39 is 0 Å². The number of H-pyrrole nitrogens is 1. The lowest BCUT2D eigenvalue weighted by Crippen LogP contribution is -1.92. The van der Waals surface area contributed by atoms with Crippen LogP contribution in [0.4, 0.5) is 0 Å². The third-order valence-corrected chi connectivity index (χ3v) is 3.98. The lowest BCUT2D eigenvalue weighted by atomic mass is 10.0. The third-order valence-electron chi connectivity index (χ3n) is 3.12. The first-order valence-electron chi connectivity index (χ1n) is 6.08. The number of aromatic nitrogens is 1. The van der Waals surface area contributed by atoms with Crippen LogP contribution in [-0.2, 0) is 6.42 Å². The first-order valence-corrected chi connectivity index (χ1v) is 7.28. The maximum Gasteiger partial charge on any atom is 0.107 e. The fraction of sp³-hybridized carbons (Fsp3) is 0.0625. The standard InChI is InChI=1S/C16H12BrNS/c17-14-6-7-15-12(10-14)9-13(16(19)18-15)8-11-4-2-1-3-5-11/h1-7,9-10H,8H2,(H,18,19). The molecule has 3 aromatic rings. The maximum atomic E-state index is 5.44. The van der Waals surface area contributed by atoms with Crippen LogP contribution < -0.4 is 0 Å². The second kappa shape index (κ2) is 5.27. The van der Waals surface area contributed by atoms with Gasteiger partial charge < -0.3 is 4.98 Å². The van der Waals surface area contributed by atoms with E-state index in [0.717, 1.165) is 26.6 Å². The van der Waals surface area contributed by atoms with Gasteiger partial charge in [-0.15, -0.1) is 0 Å². The number of benzene rings is 2. The number of pyridine rings is 1. The summed E-state index contributed by atoms with van der Waals surface area (Å²) in [7, 11) is 0. The molecule has 3 rings (SSSR count). The topological polar surface area (TPSA) is 15.8 Å². The first kappa shape index (κ1) is 12.6. The van der Waals surface area contributed by atoms with Gasteiger partial charge in [0, 0.05) is 16.4 Å². The van der Waals surface area contributed by atoms with Crippen LogP contribution in [0.3, 0.4) is 0 Å². The third kappa shape index (κ3) is 2.77. The van der Waals surface area contributed by atoms with Crippen molar-refractivity contribution in [2.24, 2.45) is 0 Å². The van der Waals surface area contributed by atoms with Crippen LogP contribution in [-0.4, -0.2) is 4.98 Å². The number of aromatic amines is 1. The zero-order valence-electron chi connectivity index (χ0n) is 10.2. The van der Waals surface area contributed by atoms with Crippen molar-refractivity contribution in [3.8, 4) is 0 Å². The van der Waals surface area contributed by atoms with E-state index >= 15 is 0 Å². The summed E-state index contributed by atoms with van der Waals surface area (Å²) >= 11 is 8.95. The van der Waals surface area contributed by atoms with Gasteiger partial charge in [0.15, 0.2) is 0 Å². The highest BCUT2D eigenvalue weighted by Crippen LogP contribution is 2.21. The summed E-state index contributed by atoms with van der Waals surface area (Å²) in [6.07, 6.45) is 0.860. The Kier molecular flexibility index (Phi) is 3.49. The number of rotatable bonds is 2. The summed E-state index contributed by atoms with van der Waals surface area (Å²) in [6, 6.07) is 18.7. The summed E-state index contributed by atoms with van der Waals surface area (Å²) in [4.78, 5) is 3.30. The van der Waals surface area contributed by atoms with Gasteiger partial charge in [0.25, 0.3) is 0 Å². The van der Waals surface area contributed by atoms with Crippen molar-refractivity contribution in [3.05, 3.63) is 74.8 Å². The van der Waals surface area contributed by atoms with Crippen molar-refractivity contribution in [1.82, 2.24) is 4.98 Å². The van der Waals surface area contributed by atoms with Gasteiger partial charge in [-0.3, -0.25) is 0 Å². The second-order valence-corrected chi connectivity index (χ2v) is 5.84. The van der Waals surface area contributed by atoms with Crippen molar-refractivity contribution in [3.63, 3.8) is 0 Å². The number of nitrogens with one attached hydrogen (secondary N) is 1. The highest BCUT2D eigenvalue weighted by Gasteiger charge is 2.02. The molecule has 0 saturated carbocycles. The van der Waals surface area contributed by atoms with E-state index in [0.29, 0.717) is 0 Å². The Hall–Kier alpha value is -1.45. The zero-order valence-corrected chi connectivity index (χ0v) is 12.6. The Morgan fingerprint density at radius 3 is 2.58 bits per heavy atom. The van der Waals surface area contributed by atoms with Crippen LogP contribution in [0, 0.1) is 4.64 Å². The molecule has 94 valence electrons. The molecule has 0 fully saturated rings. The Bertz CT molecular complexity index is 778. The minimum atomic E-state index is 0.818. The molecule has 0 aliphatic heterocycles. The van der Waals surface area contributed by atoms with Crippen LogP contribution in [0.1, 0.15) is 11.1 Å². The smallest absolute Gasteiger partial charge is 0.107 e. The van der Waals surface area contributed by atoms with Crippen LogP contribution in [0.15, 0.2) is 59.1 Å². The van der Waals surface area contributed by atoms with Gasteiger partial charge >= 0.3 is 0 Å². The zero-order chi connectivity index (χ0) is 13.2. The van der Waals surface area contributed by atoms with Crippen molar-refractivity contribution in [2.45, 2.75) is 6.42 Å². The largest absolute Gasteiger partial charge is 0.346 e. The van der Waals surface area contributed by atoms with Crippen molar-refractivity contribution in [1.29, 1.82) is 0 Å². The van der Waals surface area contributed by atoms with E-state index in [9.17, 15) is 0 Å². The number of fused-ring (bicyclic) bond motifs is 1. The predicted octanol–water partition coefficient (Wildman–Crippen LogP) is 5.25. The van der Waals surface area contributed by atoms with Crippen LogP contribution >= 0.6 is 28.1 Å². The van der Waals surface area contributed by atoms with E-state index in [4.69, 9.17) is 12.2 Å². The van der Waals surface area contributed by atoms with Gasteiger partial charge in [0.05, 0.1) is 0 Å². The van der Waals surface area contributed by atoms with Gasteiger partial charge in [-0.1, -0.05) is 58.5 Å². The molecule has 0 unspecified atom stereocenters. The molecule has 1 aromatic heterocycles. The lowest BCUT2D eigenvalue weighted by molar-refractivity contribution is 1.15. The average Bonchev–Trinajstić information content (AvgIpc) is 2.41. The summed E-state index contributed by atoms with van der Waals surface area (Å²) < 4.78 is 1.90. The molecule has 0 saturated heterocycles. The number of hydrogen-bond acceptors (Lipinski definition) is 1. The molecule has 1 nitrogen and oxygen atoms in total. The van der Waals surface area contributed by atoms with Crippen LogP contribution in [0.25, 0.3) is 10.9 Å².